The van der Waals surface area contributed by atoms with E-state index < -0.39 is 31.0 Å². The maximum Gasteiger partial charge on any atom is 0.390 e. The molecule has 1 aliphatic carbocycles. The summed E-state index contributed by atoms with van der Waals surface area (Å²) >= 11 is 0. The van der Waals surface area contributed by atoms with Crippen LogP contribution < -0.4 is 5.73 Å². The number of nitrogens with zero attached hydrogens (tertiary/aromatic N) is 2. The average molecular weight is 339 g/mol. The van der Waals surface area contributed by atoms with E-state index in [9.17, 15) is 26.7 Å². The van der Waals surface area contributed by atoms with Crippen LogP contribution in [-0.2, 0) is 6.54 Å². The smallest absolute Gasteiger partial charge is 0.364 e. The van der Waals surface area contributed by atoms with Gasteiger partial charge in [-0.2, -0.15) is 18.3 Å². The van der Waals surface area contributed by atoms with E-state index in [1.54, 1.807) is 6.92 Å². The Bertz CT molecular complexity index is 584. The van der Waals surface area contributed by atoms with E-state index in [0.717, 1.165) is 4.68 Å². The second-order valence-electron chi connectivity index (χ2n) is 5.94. The SMILES string of the molecule is Cc1c(C(N)=O)nn(CCC(F)(F)F)c1C1CCC(F)(F)CC1. The Labute approximate surface area is 129 Å². The second-order valence-corrected chi connectivity index (χ2v) is 5.94. The van der Waals surface area contributed by atoms with Gasteiger partial charge < -0.3 is 5.73 Å². The number of hydrogen-bond acceptors (Lipinski definition) is 2. The fourth-order valence-electron chi connectivity index (χ4n) is 3.03. The van der Waals surface area contributed by atoms with Crippen molar-refractivity contribution < 1.29 is 26.7 Å². The molecule has 1 saturated carbocycles. The van der Waals surface area contributed by atoms with Crippen molar-refractivity contribution in [1.82, 2.24) is 9.78 Å². The number of aryl methyl sites for hydroxylation is 1. The maximum absolute atomic E-state index is 13.3. The summed E-state index contributed by atoms with van der Waals surface area (Å²) in [5.41, 5.74) is 5.90. The molecule has 2 N–H and O–H groups in total. The Morgan fingerprint density at radius 1 is 1.35 bits per heavy atom. The highest BCUT2D eigenvalue weighted by Crippen LogP contribution is 2.42. The zero-order valence-electron chi connectivity index (χ0n) is 12.6. The van der Waals surface area contributed by atoms with E-state index in [2.05, 4.69) is 5.10 Å². The van der Waals surface area contributed by atoms with Gasteiger partial charge in [0.25, 0.3) is 5.91 Å². The Kier molecular flexibility index (Phi) is 4.68. The number of rotatable bonds is 4. The van der Waals surface area contributed by atoms with Gasteiger partial charge in [-0.15, -0.1) is 0 Å². The summed E-state index contributed by atoms with van der Waals surface area (Å²) in [5, 5.41) is 3.88. The van der Waals surface area contributed by atoms with Crippen LogP contribution in [0.1, 0.15) is 59.8 Å². The molecule has 0 saturated heterocycles. The van der Waals surface area contributed by atoms with Gasteiger partial charge in [0.2, 0.25) is 5.92 Å². The normalized spacial score (nSPS) is 19.0. The van der Waals surface area contributed by atoms with E-state index in [-0.39, 0.29) is 37.3 Å². The predicted octanol–water partition coefficient (Wildman–Crippen LogP) is 3.54. The molecule has 130 valence electrons. The lowest BCUT2D eigenvalue weighted by molar-refractivity contribution is -0.137. The van der Waals surface area contributed by atoms with Crippen molar-refractivity contribution >= 4 is 5.91 Å². The van der Waals surface area contributed by atoms with Crippen LogP contribution in [0.2, 0.25) is 0 Å². The number of carbonyl (C=O) groups is 1. The van der Waals surface area contributed by atoms with Crippen LogP contribution >= 0.6 is 0 Å². The largest absolute Gasteiger partial charge is 0.390 e. The molecule has 0 bridgehead atoms. The molecular weight excluding hydrogens is 321 g/mol. The zero-order valence-corrected chi connectivity index (χ0v) is 12.6. The molecule has 0 aromatic carbocycles. The number of aromatic nitrogens is 2. The first-order valence-electron chi connectivity index (χ1n) is 7.32. The number of amides is 1. The number of halogens is 5. The fraction of sp³-hybridized carbons (Fsp3) is 0.714. The van der Waals surface area contributed by atoms with Crippen molar-refractivity contribution in [3.05, 3.63) is 17.0 Å². The minimum absolute atomic E-state index is 0.0977. The van der Waals surface area contributed by atoms with Crippen LogP contribution in [0.15, 0.2) is 0 Å². The van der Waals surface area contributed by atoms with Crippen molar-refractivity contribution in [2.24, 2.45) is 5.73 Å². The van der Waals surface area contributed by atoms with Gasteiger partial charge in [0.15, 0.2) is 5.69 Å². The van der Waals surface area contributed by atoms with Crippen molar-refractivity contribution in [2.45, 2.75) is 63.6 Å². The van der Waals surface area contributed by atoms with Gasteiger partial charge in [0, 0.05) is 36.6 Å². The van der Waals surface area contributed by atoms with Gasteiger partial charge in [0.1, 0.15) is 0 Å². The number of nitrogens with two attached hydrogens (primary N) is 1. The first-order chi connectivity index (χ1) is 10.5. The molecule has 1 aliphatic rings. The highest BCUT2D eigenvalue weighted by molar-refractivity contribution is 5.92. The van der Waals surface area contributed by atoms with Crippen LogP contribution in [0.4, 0.5) is 22.0 Å². The molecule has 1 fully saturated rings. The standard InChI is InChI=1S/C14H18F5N3O/c1-8-10(12(20)23)21-22(7-6-14(17,18)19)11(8)9-2-4-13(15,16)5-3-9/h9H,2-7H2,1H3,(H2,20,23). The third-order valence-electron chi connectivity index (χ3n) is 4.18. The summed E-state index contributed by atoms with van der Waals surface area (Å²) in [6.07, 6.45) is -5.85. The molecule has 0 atom stereocenters. The number of alkyl halides is 5. The van der Waals surface area contributed by atoms with Crippen LogP contribution in [0.25, 0.3) is 0 Å². The summed E-state index contributed by atoms with van der Waals surface area (Å²) in [6.45, 7) is 1.08. The molecule has 1 aromatic rings. The second kappa shape index (κ2) is 6.09. The Balaban J connectivity index is 2.30. The van der Waals surface area contributed by atoms with Crippen LogP contribution in [0.3, 0.4) is 0 Å². The maximum atomic E-state index is 13.3. The molecule has 23 heavy (non-hydrogen) atoms. The first kappa shape index (κ1) is 17.7. The molecule has 2 rings (SSSR count). The van der Waals surface area contributed by atoms with Crippen molar-refractivity contribution in [2.75, 3.05) is 0 Å². The highest BCUT2D eigenvalue weighted by atomic mass is 19.4. The van der Waals surface area contributed by atoms with Gasteiger partial charge in [0.05, 0.1) is 6.42 Å². The van der Waals surface area contributed by atoms with Gasteiger partial charge in [-0.25, -0.2) is 8.78 Å². The molecule has 4 nitrogen and oxygen atoms in total. The third kappa shape index (κ3) is 4.20. The van der Waals surface area contributed by atoms with Crippen LogP contribution in [0.5, 0.6) is 0 Å². The summed E-state index contributed by atoms with van der Waals surface area (Å²) < 4.78 is 65.0. The van der Waals surface area contributed by atoms with E-state index >= 15 is 0 Å². The molecule has 0 unspecified atom stereocenters. The van der Waals surface area contributed by atoms with E-state index in [0.29, 0.717) is 11.3 Å². The monoisotopic (exact) mass is 339 g/mol. The minimum atomic E-state index is -4.37. The predicted molar refractivity (Wildman–Crippen MR) is 72.3 cm³/mol. The van der Waals surface area contributed by atoms with E-state index in [1.165, 1.54) is 0 Å². The number of hydrogen-bond donors (Lipinski definition) is 1. The molecule has 1 amide bonds. The average Bonchev–Trinajstić information content (AvgIpc) is 2.73. The van der Waals surface area contributed by atoms with Gasteiger partial charge in [-0.05, 0) is 19.8 Å². The lowest BCUT2D eigenvalue weighted by Crippen LogP contribution is -2.25. The number of carbonyl (C=O) groups excluding carboxylic acids is 1. The summed E-state index contributed by atoms with van der Waals surface area (Å²) in [4.78, 5) is 11.4. The topological polar surface area (TPSA) is 60.9 Å². The molecule has 0 spiro atoms. The summed E-state index contributed by atoms with van der Waals surface area (Å²) in [5.74, 6) is -3.92. The van der Waals surface area contributed by atoms with Crippen molar-refractivity contribution in [1.29, 1.82) is 0 Å². The third-order valence-corrected chi connectivity index (χ3v) is 4.18. The van der Waals surface area contributed by atoms with Gasteiger partial charge in [-0.3, -0.25) is 9.48 Å². The molecule has 0 aliphatic heterocycles. The van der Waals surface area contributed by atoms with E-state index in [4.69, 9.17) is 5.73 Å². The molecule has 1 heterocycles. The van der Waals surface area contributed by atoms with E-state index in [1.807, 2.05) is 0 Å². The Morgan fingerprint density at radius 2 is 1.91 bits per heavy atom. The van der Waals surface area contributed by atoms with Crippen LogP contribution in [-0.4, -0.2) is 27.8 Å². The molecule has 0 radical (unpaired) electrons. The Hall–Kier alpha value is -1.67. The summed E-state index contributed by atoms with van der Waals surface area (Å²) in [6, 6.07) is 0. The minimum Gasteiger partial charge on any atom is -0.364 e. The lowest BCUT2D eigenvalue weighted by atomic mass is 9.83. The Morgan fingerprint density at radius 3 is 2.39 bits per heavy atom. The van der Waals surface area contributed by atoms with Crippen molar-refractivity contribution in [3.63, 3.8) is 0 Å². The van der Waals surface area contributed by atoms with Crippen LogP contribution in [0, 0.1) is 6.92 Å². The molecular formula is C14H18F5N3O. The van der Waals surface area contributed by atoms with Gasteiger partial charge >= 0.3 is 6.18 Å². The number of primary amides is 1. The fourth-order valence-corrected chi connectivity index (χ4v) is 3.03. The zero-order chi connectivity index (χ0) is 17.4. The first-order valence-corrected chi connectivity index (χ1v) is 7.32. The molecule has 1 aromatic heterocycles. The van der Waals surface area contributed by atoms with Gasteiger partial charge in [-0.1, -0.05) is 0 Å². The quantitative estimate of drug-likeness (QED) is 0.853. The lowest BCUT2D eigenvalue weighted by Gasteiger charge is -2.29. The molecule has 9 heteroatoms. The highest BCUT2D eigenvalue weighted by Gasteiger charge is 2.38. The summed E-state index contributed by atoms with van der Waals surface area (Å²) in [7, 11) is 0. The van der Waals surface area contributed by atoms with Crippen molar-refractivity contribution in [3.8, 4) is 0 Å².